The van der Waals surface area contributed by atoms with Crippen molar-refractivity contribution >= 4 is 35.2 Å². The van der Waals surface area contributed by atoms with Crippen LogP contribution in [0.25, 0.3) is 0 Å². The first-order valence-corrected chi connectivity index (χ1v) is 8.00. The molecule has 0 bridgehead atoms. The first-order valence-electron chi connectivity index (χ1n) is 6.20. The van der Waals surface area contributed by atoms with Gasteiger partial charge < -0.3 is 9.84 Å². The molecule has 1 aromatic heterocycles. The number of carbonyl (C=O) groups excluding carboxylic acids is 1. The second-order valence-electron chi connectivity index (χ2n) is 4.10. The molecule has 0 saturated heterocycles. The zero-order valence-corrected chi connectivity index (χ0v) is 13.6. The molecule has 0 aliphatic heterocycles. The molecule has 0 radical (unpaired) electrons. The number of phenolic OH excluding ortho intramolecular Hbond substituents is 1. The molecule has 0 saturated carbocycles. The molecular formula is C13H14N4O3S2. The number of ether oxygens (including phenoxy) is 1. The van der Waals surface area contributed by atoms with Gasteiger partial charge in [0.15, 0.2) is 15.8 Å². The molecule has 9 heteroatoms. The summed E-state index contributed by atoms with van der Waals surface area (Å²) in [7, 11) is 1.46. The second kappa shape index (κ2) is 7.76. The number of aryl methyl sites for hydroxylation is 1. The van der Waals surface area contributed by atoms with E-state index < -0.39 is 0 Å². The van der Waals surface area contributed by atoms with E-state index in [-0.39, 0.29) is 17.4 Å². The molecule has 0 aliphatic rings. The SMILES string of the molecule is COc1cc(C=NNC(=O)CSc2nnc(C)s2)ccc1O. The smallest absolute Gasteiger partial charge is 0.250 e. The van der Waals surface area contributed by atoms with E-state index in [1.807, 2.05) is 6.92 Å². The number of amides is 1. The van der Waals surface area contributed by atoms with Crippen molar-refractivity contribution in [3.63, 3.8) is 0 Å². The van der Waals surface area contributed by atoms with E-state index in [1.165, 1.54) is 42.5 Å². The van der Waals surface area contributed by atoms with Gasteiger partial charge in [0.05, 0.1) is 19.1 Å². The third kappa shape index (κ3) is 4.71. The molecule has 0 unspecified atom stereocenters. The van der Waals surface area contributed by atoms with Crippen LogP contribution in [0.2, 0.25) is 0 Å². The third-order valence-corrected chi connectivity index (χ3v) is 4.41. The van der Waals surface area contributed by atoms with Crippen LogP contribution in [0.3, 0.4) is 0 Å². The third-order valence-electron chi connectivity index (χ3n) is 2.44. The number of hydrogen-bond acceptors (Lipinski definition) is 8. The van der Waals surface area contributed by atoms with Crippen LogP contribution in [0.5, 0.6) is 11.5 Å². The molecule has 0 spiro atoms. The summed E-state index contributed by atoms with van der Waals surface area (Å²) in [5, 5.41) is 22.0. The van der Waals surface area contributed by atoms with E-state index >= 15 is 0 Å². The molecule has 0 aliphatic carbocycles. The summed E-state index contributed by atoms with van der Waals surface area (Å²) in [6.07, 6.45) is 1.47. The van der Waals surface area contributed by atoms with E-state index in [0.29, 0.717) is 11.3 Å². The molecule has 0 atom stereocenters. The predicted octanol–water partition coefficient (Wildman–Crippen LogP) is 1.80. The number of carbonyl (C=O) groups is 1. The maximum atomic E-state index is 11.6. The molecule has 116 valence electrons. The molecular weight excluding hydrogens is 324 g/mol. The zero-order chi connectivity index (χ0) is 15.9. The van der Waals surface area contributed by atoms with E-state index in [0.717, 1.165) is 9.35 Å². The molecule has 1 amide bonds. The van der Waals surface area contributed by atoms with Crippen molar-refractivity contribution in [3.05, 3.63) is 28.8 Å². The molecule has 2 N–H and O–H groups in total. The van der Waals surface area contributed by atoms with Crippen molar-refractivity contribution in [2.75, 3.05) is 12.9 Å². The van der Waals surface area contributed by atoms with Crippen molar-refractivity contribution in [3.8, 4) is 11.5 Å². The average Bonchev–Trinajstić information content (AvgIpc) is 2.92. The van der Waals surface area contributed by atoms with Gasteiger partial charge in [-0.3, -0.25) is 4.79 Å². The number of nitrogens with zero attached hydrogens (tertiary/aromatic N) is 3. The van der Waals surface area contributed by atoms with Crippen molar-refractivity contribution in [2.24, 2.45) is 5.10 Å². The summed E-state index contributed by atoms with van der Waals surface area (Å²) in [6, 6.07) is 4.77. The Morgan fingerprint density at radius 2 is 2.36 bits per heavy atom. The second-order valence-corrected chi connectivity index (χ2v) is 6.50. The molecule has 0 fully saturated rings. The standard InChI is InChI=1S/C13H14N4O3S2/c1-8-15-17-13(22-8)21-7-12(19)16-14-6-9-3-4-10(18)11(5-9)20-2/h3-6,18H,7H2,1-2H3,(H,16,19). The van der Waals surface area contributed by atoms with E-state index in [4.69, 9.17) is 4.74 Å². The van der Waals surface area contributed by atoms with Gasteiger partial charge in [0.2, 0.25) is 0 Å². The number of aromatic nitrogens is 2. The lowest BCUT2D eigenvalue weighted by Gasteiger charge is -2.03. The first-order chi connectivity index (χ1) is 10.6. The van der Waals surface area contributed by atoms with Crippen LogP contribution in [-0.2, 0) is 4.79 Å². The van der Waals surface area contributed by atoms with Gasteiger partial charge in [-0.25, -0.2) is 5.43 Å². The Morgan fingerprint density at radius 3 is 3.05 bits per heavy atom. The van der Waals surface area contributed by atoms with Crippen LogP contribution in [0.1, 0.15) is 10.6 Å². The van der Waals surface area contributed by atoms with Crippen molar-refractivity contribution in [1.29, 1.82) is 0 Å². The summed E-state index contributed by atoms with van der Waals surface area (Å²) in [6.45, 7) is 1.86. The number of nitrogens with one attached hydrogen (secondary N) is 1. The van der Waals surface area contributed by atoms with E-state index in [9.17, 15) is 9.90 Å². The zero-order valence-electron chi connectivity index (χ0n) is 11.9. The number of methoxy groups -OCH3 is 1. The van der Waals surface area contributed by atoms with Gasteiger partial charge in [0.1, 0.15) is 5.01 Å². The minimum atomic E-state index is -0.236. The number of aromatic hydroxyl groups is 1. The van der Waals surface area contributed by atoms with Gasteiger partial charge in [-0.05, 0) is 30.7 Å². The summed E-state index contributed by atoms with van der Waals surface area (Å²) < 4.78 is 5.74. The molecule has 2 rings (SSSR count). The highest BCUT2D eigenvalue weighted by atomic mass is 32.2. The highest BCUT2D eigenvalue weighted by molar-refractivity contribution is 8.01. The molecule has 1 heterocycles. The Morgan fingerprint density at radius 1 is 1.55 bits per heavy atom. The van der Waals surface area contributed by atoms with Crippen LogP contribution in [-0.4, -0.2) is 40.3 Å². The average molecular weight is 338 g/mol. The molecule has 22 heavy (non-hydrogen) atoms. The van der Waals surface area contributed by atoms with Gasteiger partial charge in [0.25, 0.3) is 5.91 Å². The summed E-state index contributed by atoms with van der Waals surface area (Å²) >= 11 is 2.75. The van der Waals surface area contributed by atoms with Gasteiger partial charge in [-0.2, -0.15) is 5.10 Å². The lowest BCUT2D eigenvalue weighted by molar-refractivity contribution is -0.118. The van der Waals surface area contributed by atoms with E-state index in [1.54, 1.807) is 12.1 Å². The lowest BCUT2D eigenvalue weighted by atomic mass is 10.2. The molecule has 1 aromatic carbocycles. The van der Waals surface area contributed by atoms with Gasteiger partial charge in [-0.1, -0.05) is 23.1 Å². The quantitative estimate of drug-likeness (QED) is 0.474. The van der Waals surface area contributed by atoms with Crippen molar-refractivity contribution in [2.45, 2.75) is 11.3 Å². The summed E-state index contributed by atoms with van der Waals surface area (Å²) in [5.41, 5.74) is 3.12. The lowest BCUT2D eigenvalue weighted by Crippen LogP contribution is -2.19. The van der Waals surface area contributed by atoms with Gasteiger partial charge in [0, 0.05) is 0 Å². The summed E-state index contributed by atoms with van der Waals surface area (Å²) in [5.74, 6) is 0.370. The Hall–Kier alpha value is -2.13. The Balaban J connectivity index is 1.82. The minimum Gasteiger partial charge on any atom is -0.504 e. The monoisotopic (exact) mass is 338 g/mol. The van der Waals surface area contributed by atoms with Crippen molar-refractivity contribution in [1.82, 2.24) is 15.6 Å². The number of thioether (sulfide) groups is 1. The highest BCUT2D eigenvalue weighted by Crippen LogP contribution is 2.25. The largest absolute Gasteiger partial charge is 0.504 e. The van der Waals surface area contributed by atoms with E-state index in [2.05, 4.69) is 20.7 Å². The number of rotatable bonds is 6. The number of hydrogen-bond donors (Lipinski definition) is 2. The normalized spacial score (nSPS) is 10.8. The van der Waals surface area contributed by atoms with Crippen molar-refractivity contribution < 1.29 is 14.6 Å². The Kier molecular flexibility index (Phi) is 5.73. The van der Waals surface area contributed by atoms with Gasteiger partial charge in [-0.15, -0.1) is 10.2 Å². The first kappa shape index (κ1) is 16.2. The Labute approximate surface area is 135 Å². The molecule has 2 aromatic rings. The van der Waals surface area contributed by atoms with Crippen LogP contribution < -0.4 is 10.2 Å². The van der Waals surface area contributed by atoms with Gasteiger partial charge >= 0.3 is 0 Å². The highest BCUT2D eigenvalue weighted by Gasteiger charge is 2.05. The number of hydrazone groups is 1. The molecule has 7 nitrogen and oxygen atoms in total. The Bertz CT molecular complexity index is 688. The topological polar surface area (TPSA) is 96.7 Å². The summed E-state index contributed by atoms with van der Waals surface area (Å²) in [4.78, 5) is 11.6. The van der Waals surface area contributed by atoms with Crippen LogP contribution in [0.4, 0.5) is 0 Å². The van der Waals surface area contributed by atoms with Crippen LogP contribution >= 0.6 is 23.1 Å². The minimum absolute atomic E-state index is 0.0486. The fraction of sp³-hybridized carbons (Fsp3) is 0.231. The predicted molar refractivity (Wildman–Crippen MR) is 85.8 cm³/mol. The fourth-order valence-corrected chi connectivity index (χ4v) is 3.06. The fourth-order valence-electron chi connectivity index (χ4n) is 1.45. The number of benzene rings is 1. The van der Waals surface area contributed by atoms with Crippen LogP contribution in [0, 0.1) is 6.92 Å². The maximum absolute atomic E-state index is 11.6. The maximum Gasteiger partial charge on any atom is 0.250 e. The number of phenols is 1. The van der Waals surface area contributed by atoms with Crippen LogP contribution in [0.15, 0.2) is 27.6 Å².